The predicted octanol–water partition coefficient (Wildman–Crippen LogP) is 2.89. The Kier molecular flexibility index (Phi) is 4.35. The van der Waals surface area contributed by atoms with Crippen molar-refractivity contribution in [2.24, 2.45) is 10.7 Å². The molecule has 9 heteroatoms. The first-order valence-electron chi connectivity index (χ1n) is 8.32. The molecule has 1 aliphatic rings. The van der Waals surface area contributed by atoms with Crippen molar-refractivity contribution in [1.82, 2.24) is 15.0 Å². The summed E-state index contributed by atoms with van der Waals surface area (Å²) in [7, 11) is 1.53. The van der Waals surface area contributed by atoms with Gasteiger partial charge in [0.1, 0.15) is 18.6 Å². The van der Waals surface area contributed by atoms with E-state index in [2.05, 4.69) is 15.1 Å². The lowest BCUT2D eigenvalue weighted by Gasteiger charge is -2.26. The van der Waals surface area contributed by atoms with Crippen LogP contribution in [0, 0.1) is 0 Å². The van der Waals surface area contributed by atoms with Crippen LogP contribution in [0.4, 0.5) is 4.39 Å². The Morgan fingerprint density at radius 3 is 2.71 bits per heavy atom. The lowest BCUT2D eigenvalue weighted by atomic mass is 9.82. The Labute approximate surface area is 164 Å². The molecule has 3 heterocycles. The molecule has 3 aromatic rings. The third-order valence-electron chi connectivity index (χ3n) is 4.66. The summed E-state index contributed by atoms with van der Waals surface area (Å²) in [6, 6.07) is 9.87. The van der Waals surface area contributed by atoms with Gasteiger partial charge in [0.25, 0.3) is 5.91 Å². The number of halogens is 2. The highest BCUT2D eigenvalue weighted by atomic mass is 35.5. The molecule has 1 atom stereocenters. The highest BCUT2D eigenvalue weighted by Gasteiger charge is 2.50. The van der Waals surface area contributed by atoms with E-state index in [0.29, 0.717) is 27.4 Å². The molecule has 2 N–H and O–H groups in total. The van der Waals surface area contributed by atoms with Crippen LogP contribution in [-0.4, -0.2) is 34.0 Å². The van der Waals surface area contributed by atoms with E-state index in [1.165, 1.54) is 30.5 Å². The smallest absolute Gasteiger partial charge is 0.266 e. The second-order valence-corrected chi connectivity index (χ2v) is 6.76. The minimum Gasteiger partial charge on any atom is -0.369 e. The Morgan fingerprint density at radius 1 is 1.25 bits per heavy atom. The molecule has 1 unspecified atom stereocenters. The summed E-state index contributed by atoms with van der Waals surface area (Å²) in [4.78, 5) is 23.0. The number of hydrogen-bond acceptors (Lipinski definition) is 6. The monoisotopic (exact) mass is 399 g/mol. The number of hydrogen-bond donors (Lipinski definition) is 1. The molecule has 2 aromatic heterocycles. The first-order chi connectivity index (χ1) is 13.5. The summed E-state index contributed by atoms with van der Waals surface area (Å²) in [6.07, 6.45) is 2.87. The molecule has 7 nitrogen and oxygen atoms in total. The number of likely N-dealkylation sites (N-methyl/N-ethyl adjacent to an activating group) is 1. The van der Waals surface area contributed by atoms with Gasteiger partial charge in [-0.3, -0.25) is 14.7 Å². The van der Waals surface area contributed by atoms with E-state index >= 15 is 0 Å². The van der Waals surface area contributed by atoms with Gasteiger partial charge in [-0.15, -0.1) is 0 Å². The number of guanidine groups is 1. The third-order valence-corrected chi connectivity index (χ3v) is 4.88. The molecule has 0 aliphatic carbocycles. The fraction of sp³-hybridized carbons (Fsp3) is 0.158. The number of aromatic nitrogens is 2. The predicted molar refractivity (Wildman–Crippen MR) is 101 cm³/mol. The maximum atomic E-state index is 13.3. The Morgan fingerprint density at radius 2 is 2.07 bits per heavy atom. The molecule has 4 rings (SSSR count). The van der Waals surface area contributed by atoms with Crippen molar-refractivity contribution in [3.05, 3.63) is 70.7 Å². The number of aliphatic imine (C=N–C) groups is 1. The maximum Gasteiger partial charge on any atom is 0.266 e. The van der Waals surface area contributed by atoms with Crippen molar-refractivity contribution in [2.75, 3.05) is 7.05 Å². The second kappa shape index (κ2) is 6.72. The third kappa shape index (κ3) is 2.73. The Bertz CT molecular complexity index is 1090. The van der Waals surface area contributed by atoms with Crippen LogP contribution in [0.15, 0.2) is 58.4 Å². The molecule has 1 aromatic carbocycles. The molecule has 0 fully saturated rings. The molecule has 0 radical (unpaired) electrons. The number of nitrogens with two attached hydrogens (primary N) is 1. The van der Waals surface area contributed by atoms with Crippen LogP contribution in [0.3, 0.4) is 0 Å². The fourth-order valence-electron chi connectivity index (χ4n) is 3.27. The topological polar surface area (TPSA) is 97.6 Å². The summed E-state index contributed by atoms with van der Waals surface area (Å²) in [6.45, 7) is -0.771. The van der Waals surface area contributed by atoms with Gasteiger partial charge in [-0.1, -0.05) is 16.8 Å². The van der Waals surface area contributed by atoms with Crippen molar-refractivity contribution in [3.63, 3.8) is 0 Å². The molecule has 1 amide bonds. The van der Waals surface area contributed by atoms with Gasteiger partial charge in [0.2, 0.25) is 0 Å². The number of benzene rings is 1. The van der Waals surface area contributed by atoms with E-state index < -0.39 is 12.2 Å². The Balaban J connectivity index is 1.99. The summed E-state index contributed by atoms with van der Waals surface area (Å²) in [5.41, 5.74) is 6.77. The van der Waals surface area contributed by atoms with Crippen molar-refractivity contribution in [3.8, 4) is 11.3 Å². The summed E-state index contributed by atoms with van der Waals surface area (Å²) in [5, 5.41) is 4.30. The average Bonchev–Trinajstić information content (AvgIpc) is 3.32. The molecule has 0 spiro atoms. The van der Waals surface area contributed by atoms with Gasteiger partial charge in [-0.2, -0.15) is 0 Å². The first kappa shape index (κ1) is 18.1. The summed E-state index contributed by atoms with van der Waals surface area (Å²) in [5.74, 6) is -0.332. The standard InChI is InChI=1S/C19H15ClFN5O2/c1-26-17(27)19(24-18(26)22,12-2-4-23-15(9-12)10-21)13-6-11(7-14(20)8-13)16-3-5-28-25-16/h2-9H,10H2,1H3,(H2,22,24). The van der Waals surface area contributed by atoms with E-state index in [0.717, 1.165) is 0 Å². The highest BCUT2D eigenvalue weighted by Crippen LogP contribution is 2.41. The van der Waals surface area contributed by atoms with Gasteiger partial charge in [-0.25, -0.2) is 9.38 Å². The van der Waals surface area contributed by atoms with E-state index in [1.54, 1.807) is 30.3 Å². The SMILES string of the molecule is CN1C(=O)C(c2cc(Cl)cc(-c3ccon3)c2)(c2ccnc(CF)c2)N=C1N. The second-order valence-electron chi connectivity index (χ2n) is 6.33. The lowest BCUT2D eigenvalue weighted by Crippen LogP contribution is -2.41. The minimum atomic E-state index is -1.50. The van der Waals surface area contributed by atoms with Crippen LogP contribution in [-0.2, 0) is 17.0 Å². The molecule has 28 heavy (non-hydrogen) atoms. The molecular weight excluding hydrogens is 385 g/mol. The van der Waals surface area contributed by atoms with Gasteiger partial charge in [-0.05, 0) is 41.5 Å². The molecule has 0 saturated carbocycles. The van der Waals surface area contributed by atoms with Crippen molar-refractivity contribution < 1.29 is 13.7 Å². The maximum absolute atomic E-state index is 13.3. The minimum absolute atomic E-state index is 0.0478. The van der Waals surface area contributed by atoms with Gasteiger partial charge in [0, 0.05) is 29.9 Å². The van der Waals surface area contributed by atoms with Crippen LogP contribution in [0.2, 0.25) is 5.02 Å². The number of alkyl halides is 1. The van der Waals surface area contributed by atoms with E-state index in [1.807, 2.05) is 0 Å². The molecule has 0 bridgehead atoms. The number of amides is 1. The van der Waals surface area contributed by atoms with Crippen LogP contribution in [0.1, 0.15) is 16.8 Å². The zero-order valence-corrected chi connectivity index (χ0v) is 15.5. The number of rotatable bonds is 4. The van der Waals surface area contributed by atoms with Gasteiger partial charge in [0.15, 0.2) is 11.5 Å². The van der Waals surface area contributed by atoms with Gasteiger partial charge in [0.05, 0.1) is 5.69 Å². The van der Waals surface area contributed by atoms with Crippen molar-refractivity contribution in [1.29, 1.82) is 0 Å². The van der Waals surface area contributed by atoms with Gasteiger partial charge < -0.3 is 10.3 Å². The highest BCUT2D eigenvalue weighted by molar-refractivity contribution is 6.31. The van der Waals surface area contributed by atoms with Crippen LogP contribution in [0.5, 0.6) is 0 Å². The van der Waals surface area contributed by atoms with Crippen LogP contribution < -0.4 is 5.73 Å². The number of nitrogens with zero attached hydrogens (tertiary/aromatic N) is 4. The zero-order valence-electron chi connectivity index (χ0n) is 14.8. The largest absolute Gasteiger partial charge is 0.369 e. The van der Waals surface area contributed by atoms with Gasteiger partial charge >= 0.3 is 0 Å². The lowest BCUT2D eigenvalue weighted by molar-refractivity contribution is -0.129. The van der Waals surface area contributed by atoms with E-state index in [4.69, 9.17) is 21.9 Å². The zero-order chi connectivity index (χ0) is 19.9. The number of pyridine rings is 1. The quantitative estimate of drug-likeness (QED) is 0.727. The summed E-state index contributed by atoms with van der Waals surface area (Å²) < 4.78 is 18.1. The van der Waals surface area contributed by atoms with E-state index in [9.17, 15) is 9.18 Å². The van der Waals surface area contributed by atoms with Crippen LogP contribution >= 0.6 is 11.6 Å². The normalized spacial score (nSPS) is 19.2. The number of carbonyl (C=O) groups excluding carboxylic acids is 1. The Hall–Kier alpha value is -3.26. The van der Waals surface area contributed by atoms with Crippen LogP contribution in [0.25, 0.3) is 11.3 Å². The molecule has 1 aliphatic heterocycles. The molecular formula is C19H15ClFN5O2. The number of carbonyl (C=O) groups is 1. The molecule has 0 saturated heterocycles. The summed E-state index contributed by atoms with van der Waals surface area (Å²) >= 11 is 6.34. The average molecular weight is 400 g/mol. The van der Waals surface area contributed by atoms with Crippen molar-refractivity contribution in [2.45, 2.75) is 12.2 Å². The molecule has 142 valence electrons. The first-order valence-corrected chi connectivity index (χ1v) is 8.70. The van der Waals surface area contributed by atoms with Crippen molar-refractivity contribution >= 4 is 23.5 Å². The van der Waals surface area contributed by atoms with E-state index in [-0.39, 0.29) is 17.6 Å². The fourth-order valence-corrected chi connectivity index (χ4v) is 3.50.